The Bertz CT molecular complexity index is 227. The van der Waals surface area contributed by atoms with Crippen LogP contribution in [0, 0.1) is 5.41 Å². The molecule has 1 saturated heterocycles. The molecule has 0 radical (unpaired) electrons. The van der Waals surface area contributed by atoms with Crippen LogP contribution in [0.4, 0.5) is 0 Å². The van der Waals surface area contributed by atoms with Gasteiger partial charge in [0.25, 0.3) is 0 Å². The Morgan fingerprint density at radius 2 is 2.00 bits per heavy atom. The maximum atomic E-state index is 11.4. The Hall–Kier alpha value is -0.280. The van der Waals surface area contributed by atoms with E-state index in [1.807, 2.05) is 0 Å². The molecule has 0 amide bonds. The van der Waals surface area contributed by atoms with Crippen LogP contribution in [0.5, 0.6) is 0 Å². The van der Waals surface area contributed by atoms with Crippen molar-refractivity contribution < 1.29 is 9.53 Å². The summed E-state index contributed by atoms with van der Waals surface area (Å²) in [6, 6.07) is -0.0434. The number of hydrogen-bond donors (Lipinski definition) is 1. The Morgan fingerprint density at radius 1 is 1.33 bits per heavy atom. The van der Waals surface area contributed by atoms with Gasteiger partial charge in [-0.15, -0.1) is 12.4 Å². The smallest absolute Gasteiger partial charge is 0.322 e. The zero-order chi connectivity index (χ0) is 10.0. The highest BCUT2D eigenvalue weighted by molar-refractivity contribution is 5.85. The molecule has 2 aliphatic rings. The predicted molar refractivity (Wildman–Crippen MR) is 61.2 cm³/mol. The second-order valence-corrected chi connectivity index (χ2v) is 4.72. The SMILES string of the molecule is COC(=O)[C@@H]1CC2(CCCCC2)CN1.Cl. The minimum atomic E-state index is -0.0903. The molecule has 1 atom stereocenters. The first-order chi connectivity index (χ1) is 6.76. The second-order valence-electron chi connectivity index (χ2n) is 4.72. The van der Waals surface area contributed by atoms with Gasteiger partial charge in [0.1, 0.15) is 6.04 Å². The molecule has 3 nitrogen and oxygen atoms in total. The van der Waals surface area contributed by atoms with Crippen molar-refractivity contribution >= 4 is 18.4 Å². The molecule has 1 spiro atoms. The molecule has 4 heteroatoms. The van der Waals surface area contributed by atoms with Crippen LogP contribution in [-0.2, 0) is 9.53 Å². The lowest BCUT2D eigenvalue weighted by Gasteiger charge is -2.32. The molecule has 1 N–H and O–H groups in total. The van der Waals surface area contributed by atoms with Gasteiger partial charge in [0.15, 0.2) is 0 Å². The van der Waals surface area contributed by atoms with Gasteiger partial charge in [0.2, 0.25) is 0 Å². The van der Waals surface area contributed by atoms with Crippen LogP contribution in [0.1, 0.15) is 38.5 Å². The highest BCUT2D eigenvalue weighted by atomic mass is 35.5. The number of ether oxygens (including phenoxy) is 1. The molecule has 88 valence electrons. The van der Waals surface area contributed by atoms with Crippen LogP contribution in [-0.4, -0.2) is 25.7 Å². The van der Waals surface area contributed by atoms with Crippen LogP contribution < -0.4 is 5.32 Å². The molecular weight excluding hydrogens is 214 g/mol. The minimum Gasteiger partial charge on any atom is -0.468 e. The lowest BCUT2D eigenvalue weighted by atomic mass is 9.73. The molecule has 1 aliphatic carbocycles. The summed E-state index contributed by atoms with van der Waals surface area (Å²) in [4.78, 5) is 11.4. The maximum absolute atomic E-state index is 11.4. The molecule has 1 aliphatic heterocycles. The summed E-state index contributed by atoms with van der Waals surface area (Å²) in [5, 5.41) is 3.29. The van der Waals surface area contributed by atoms with Gasteiger partial charge in [-0.2, -0.15) is 0 Å². The van der Waals surface area contributed by atoms with E-state index in [9.17, 15) is 4.79 Å². The zero-order valence-corrected chi connectivity index (χ0v) is 10.1. The topological polar surface area (TPSA) is 38.3 Å². The van der Waals surface area contributed by atoms with Gasteiger partial charge in [-0.1, -0.05) is 19.3 Å². The monoisotopic (exact) mass is 233 g/mol. The first kappa shape index (κ1) is 12.8. The van der Waals surface area contributed by atoms with E-state index in [1.165, 1.54) is 39.2 Å². The van der Waals surface area contributed by atoms with Crippen molar-refractivity contribution in [2.24, 2.45) is 5.41 Å². The Balaban J connectivity index is 0.00000112. The number of hydrogen-bond acceptors (Lipinski definition) is 3. The average Bonchev–Trinajstić information content (AvgIpc) is 2.62. The maximum Gasteiger partial charge on any atom is 0.322 e. The third-order valence-corrected chi connectivity index (χ3v) is 3.76. The van der Waals surface area contributed by atoms with Gasteiger partial charge in [0, 0.05) is 6.54 Å². The lowest BCUT2D eigenvalue weighted by molar-refractivity contribution is -0.142. The fourth-order valence-electron chi connectivity index (χ4n) is 2.91. The number of carbonyl (C=O) groups is 1. The van der Waals surface area contributed by atoms with Crippen molar-refractivity contribution in [3.8, 4) is 0 Å². The first-order valence-electron chi connectivity index (χ1n) is 5.57. The van der Waals surface area contributed by atoms with E-state index < -0.39 is 0 Å². The molecular formula is C11H20ClNO2. The summed E-state index contributed by atoms with van der Waals surface area (Å²) in [6.45, 7) is 1.01. The van der Waals surface area contributed by atoms with Crippen molar-refractivity contribution in [2.75, 3.05) is 13.7 Å². The van der Waals surface area contributed by atoms with Crippen LogP contribution in [0.15, 0.2) is 0 Å². The van der Waals surface area contributed by atoms with Crippen molar-refractivity contribution in [2.45, 2.75) is 44.6 Å². The first-order valence-corrected chi connectivity index (χ1v) is 5.57. The summed E-state index contributed by atoms with van der Waals surface area (Å²) in [6.07, 6.45) is 7.58. The number of nitrogens with one attached hydrogen (secondary N) is 1. The lowest BCUT2D eigenvalue weighted by Crippen LogP contribution is -2.31. The summed E-state index contributed by atoms with van der Waals surface area (Å²) in [5.41, 5.74) is 0.414. The summed E-state index contributed by atoms with van der Waals surface area (Å²) >= 11 is 0. The van der Waals surface area contributed by atoms with Gasteiger partial charge in [0.05, 0.1) is 7.11 Å². The average molecular weight is 234 g/mol. The number of rotatable bonds is 1. The van der Waals surface area contributed by atoms with Crippen LogP contribution in [0.25, 0.3) is 0 Å². The highest BCUT2D eigenvalue weighted by Gasteiger charge is 2.42. The van der Waals surface area contributed by atoms with E-state index in [4.69, 9.17) is 4.74 Å². The molecule has 1 saturated carbocycles. The highest BCUT2D eigenvalue weighted by Crippen LogP contribution is 2.42. The van der Waals surface area contributed by atoms with Crippen LogP contribution in [0.3, 0.4) is 0 Å². The number of methoxy groups -OCH3 is 1. The Labute approximate surface area is 97.4 Å². The molecule has 15 heavy (non-hydrogen) atoms. The molecule has 2 rings (SSSR count). The zero-order valence-electron chi connectivity index (χ0n) is 9.25. The quantitative estimate of drug-likeness (QED) is 0.703. The van der Waals surface area contributed by atoms with Crippen molar-refractivity contribution in [1.29, 1.82) is 0 Å². The van der Waals surface area contributed by atoms with Gasteiger partial charge < -0.3 is 10.1 Å². The van der Waals surface area contributed by atoms with E-state index in [2.05, 4.69) is 5.32 Å². The Morgan fingerprint density at radius 3 is 2.60 bits per heavy atom. The third kappa shape index (κ3) is 2.64. The van der Waals surface area contributed by atoms with E-state index in [0.29, 0.717) is 5.41 Å². The number of halogens is 1. The summed E-state index contributed by atoms with van der Waals surface area (Å²) in [7, 11) is 1.47. The fraction of sp³-hybridized carbons (Fsp3) is 0.909. The van der Waals surface area contributed by atoms with Crippen LogP contribution >= 0.6 is 12.4 Å². The number of esters is 1. The van der Waals surface area contributed by atoms with Gasteiger partial charge in [-0.05, 0) is 24.7 Å². The van der Waals surface area contributed by atoms with Gasteiger partial charge in [-0.25, -0.2) is 0 Å². The standard InChI is InChI=1S/C11H19NO2.ClH/c1-14-10(13)9-7-11(8-12-9)5-3-2-4-6-11;/h9,12H,2-8H2,1H3;1H/t9-;/m0./s1. The minimum absolute atomic E-state index is 0. The molecule has 0 unspecified atom stereocenters. The van der Waals surface area contributed by atoms with E-state index in [1.54, 1.807) is 0 Å². The summed E-state index contributed by atoms with van der Waals surface area (Å²) in [5.74, 6) is -0.0903. The summed E-state index contributed by atoms with van der Waals surface area (Å²) < 4.78 is 4.77. The van der Waals surface area contributed by atoms with Crippen molar-refractivity contribution in [3.05, 3.63) is 0 Å². The van der Waals surface area contributed by atoms with Crippen molar-refractivity contribution in [1.82, 2.24) is 5.32 Å². The molecule has 0 bridgehead atoms. The molecule has 2 fully saturated rings. The third-order valence-electron chi connectivity index (χ3n) is 3.76. The second kappa shape index (κ2) is 5.17. The largest absolute Gasteiger partial charge is 0.468 e. The molecule has 1 heterocycles. The fourth-order valence-corrected chi connectivity index (χ4v) is 2.91. The Kier molecular flexibility index (Phi) is 4.41. The van der Waals surface area contributed by atoms with E-state index in [0.717, 1.165) is 13.0 Å². The van der Waals surface area contributed by atoms with E-state index >= 15 is 0 Å². The number of carbonyl (C=O) groups excluding carboxylic acids is 1. The normalized spacial score (nSPS) is 28.5. The predicted octanol–water partition coefficient (Wildman–Crippen LogP) is 1.89. The molecule has 0 aromatic carbocycles. The molecule has 0 aromatic rings. The van der Waals surface area contributed by atoms with Gasteiger partial charge >= 0.3 is 5.97 Å². The van der Waals surface area contributed by atoms with Crippen molar-refractivity contribution in [3.63, 3.8) is 0 Å². The van der Waals surface area contributed by atoms with Crippen LogP contribution in [0.2, 0.25) is 0 Å². The van der Waals surface area contributed by atoms with E-state index in [-0.39, 0.29) is 24.4 Å². The molecule has 0 aromatic heterocycles. The van der Waals surface area contributed by atoms with Gasteiger partial charge in [-0.3, -0.25) is 4.79 Å².